The second-order valence-electron chi connectivity index (χ2n) is 13.9. The molecule has 1 heterocycles. The zero-order chi connectivity index (χ0) is 30.2. The summed E-state index contributed by atoms with van der Waals surface area (Å²) >= 11 is 0. The summed E-state index contributed by atoms with van der Waals surface area (Å²) in [6, 6.07) is 0. The summed E-state index contributed by atoms with van der Waals surface area (Å²) in [7, 11) is 0. The fourth-order valence-corrected chi connectivity index (χ4v) is 6.89. The second kappa shape index (κ2) is 31.8. The van der Waals surface area contributed by atoms with Gasteiger partial charge in [-0.15, -0.1) is 0 Å². The Bertz CT molecular complexity index is 544. The molecule has 1 unspecified atom stereocenters. The molecule has 1 aliphatic heterocycles. The van der Waals surface area contributed by atoms with Crippen molar-refractivity contribution in [3.63, 3.8) is 0 Å². The van der Waals surface area contributed by atoms with Gasteiger partial charge >= 0.3 is 0 Å². The molecular weight excluding hydrogens is 508 g/mol. The molecule has 1 atom stereocenters. The smallest absolute Gasteiger partial charge is 0.101 e. The minimum atomic E-state index is 0.640. The molecule has 0 N–H and O–H groups in total. The van der Waals surface area contributed by atoms with Crippen LogP contribution in [0.25, 0.3) is 0 Å². The van der Waals surface area contributed by atoms with Gasteiger partial charge < -0.3 is 9.80 Å². The van der Waals surface area contributed by atoms with Crippen LogP contribution in [-0.4, -0.2) is 29.1 Å². The summed E-state index contributed by atoms with van der Waals surface area (Å²) in [6.07, 6.45) is 51.4. The highest BCUT2D eigenvalue weighted by atomic mass is 15.4. The molecule has 0 amide bonds. The van der Waals surface area contributed by atoms with E-state index >= 15 is 0 Å². The maximum atomic E-state index is 2.71. The van der Waals surface area contributed by atoms with Gasteiger partial charge in [-0.2, -0.15) is 0 Å². The lowest BCUT2D eigenvalue weighted by Crippen LogP contribution is -2.39. The number of hydrogen-bond acceptors (Lipinski definition) is 2. The Morgan fingerprint density at radius 2 is 0.548 bits per heavy atom. The number of nitrogens with zero attached hydrogens (tertiary/aromatic N) is 2. The highest BCUT2D eigenvalue weighted by Gasteiger charge is 2.24. The van der Waals surface area contributed by atoms with Crippen LogP contribution in [0.15, 0.2) is 12.4 Å². The van der Waals surface area contributed by atoms with Crippen molar-refractivity contribution in [1.29, 1.82) is 0 Å². The van der Waals surface area contributed by atoms with Gasteiger partial charge in [-0.05, 0) is 25.7 Å². The predicted octanol–water partition coefficient (Wildman–Crippen LogP) is 13.9. The van der Waals surface area contributed by atoms with E-state index in [9.17, 15) is 0 Å². The van der Waals surface area contributed by atoms with Gasteiger partial charge in [0.1, 0.15) is 6.17 Å². The predicted molar refractivity (Wildman–Crippen MR) is 191 cm³/mol. The second-order valence-corrected chi connectivity index (χ2v) is 13.9. The van der Waals surface area contributed by atoms with Crippen LogP contribution in [0.5, 0.6) is 0 Å². The lowest BCUT2D eigenvalue weighted by atomic mass is 10.0. The Morgan fingerprint density at radius 1 is 0.310 bits per heavy atom. The largest absolute Gasteiger partial charge is 0.356 e. The van der Waals surface area contributed by atoms with Gasteiger partial charge in [-0.1, -0.05) is 201 Å². The fourth-order valence-electron chi connectivity index (χ4n) is 6.89. The summed E-state index contributed by atoms with van der Waals surface area (Å²) in [5.41, 5.74) is 0. The summed E-state index contributed by atoms with van der Waals surface area (Å²) in [6.45, 7) is 9.48. The van der Waals surface area contributed by atoms with Gasteiger partial charge in [0, 0.05) is 25.5 Å². The molecule has 0 saturated heterocycles. The summed E-state index contributed by atoms with van der Waals surface area (Å²) < 4.78 is 0. The minimum Gasteiger partial charge on any atom is -0.356 e. The third kappa shape index (κ3) is 23.8. The first kappa shape index (κ1) is 39.4. The number of hydrogen-bond donors (Lipinski definition) is 0. The maximum absolute atomic E-state index is 2.71. The van der Waals surface area contributed by atoms with Crippen LogP contribution >= 0.6 is 0 Å². The van der Waals surface area contributed by atoms with Crippen LogP contribution in [0.1, 0.15) is 226 Å². The molecule has 0 aromatic heterocycles. The van der Waals surface area contributed by atoms with Gasteiger partial charge in [-0.3, -0.25) is 0 Å². The Morgan fingerprint density at radius 3 is 0.833 bits per heavy atom. The lowest BCUT2D eigenvalue weighted by molar-refractivity contribution is 0.135. The fraction of sp³-hybridized carbons (Fsp3) is 0.950. The standard InChI is InChI=1S/C40H80N2/c1-4-7-10-13-15-17-19-21-22-23-25-27-29-32-35-40-41(36-33-30-12-9-6-3)38-39-42(40)37-34-31-28-26-24-20-18-16-14-11-8-5-2/h38-40H,4-37H2,1-3H3. The third-order valence-corrected chi connectivity index (χ3v) is 9.82. The molecule has 0 bridgehead atoms. The van der Waals surface area contributed by atoms with E-state index in [-0.39, 0.29) is 0 Å². The zero-order valence-electron chi connectivity index (χ0n) is 29.7. The van der Waals surface area contributed by atoms with Crippen molar-refractivity contribution in [1.82, 2.24) is 9.80 Å². The van der Waals surface area contributed by atoms with Gasteiger partial charge in [-0.25, -0.2) is 0 Å². The molecule has 0 aliphatic carbocycles. The van der Waals surface area contributed by atoms with E-state index in [1.54, 1.807) is 0 Å². The minimum absolute atomic E-state index is 0.640. The Kier molecular flexibility index (Phi) is 29.8. The van der Waals surface area contributed by atoms with Crippen molar-refractivity contribution in [2.75, 3.05) is 13.1 Å². The van der Waals surface area contributed by atoms with E-state index in [1.807, 2.05) is 0 Å². The lowest BCUT2D eigenvalue weighted by Gasteiger charge is -2.33. The highest BCUT2D eigenvalue weighted by molar-refractivity contribution is 4.97. The Balaban J connectivity index is 2.15. The third-order valence-electron chi connectivity index (χ3n) is 9.82. The Hall–Kier alpha value is -0.660. The topological polar surface area (TPSA) is 6.48 Å². The average molecular weight is 589 g/mol. The molecule has 1 aliphatic rings. The molecule has 0 spiro atoms. The summed E-state index contributed by atoms with van der Waals surface area (Å²) in [4.78, 5) is 5.42. The van der Waals surface area contributed by atoms with Crippen LogP contribution < -0.4 is 0 Å². The van der Waals surface area contributed by atoms with Crippen LogP contribution in [0.2, 0.25) is 0 Å². The van der Waals surface area contributed by atoms with Crippen molar-refractivity contribution in [2.24, 2.45) is 0 Å². The SMILES string of the molecule is CCCCCCCCCCCCCCCCC1N(CCCCCCC)C=CN1CCCCCCCCCCCCCC. The first-order valence-electron chi connectivity index (χ1n) is 20.0. The summed E-state index contributed by atoms with van der Waals surface area (Å²) in [5.74, 6) is 0. The summed E-state index contributed by atoms with van der Waals surface area (Å²) in [5, 5.41) is 0. The van der Waals surface area contributed by atoms with Crippen molar-refractivity contribution >= 4 is 0 Å². The normalized spacial score (nSPS) is 15.0. The zero-order valence-corrected chi connectivity index (χ0v) is 29.7. The van der Waals surface area contributed by atoms with Crippen LogP contribution in [0.4, 0.5) is 0 Å². The molecule has 0 aromatic rings. The van der Waals surface area contributed by atoms with Gasteiger partial charge in [0.25, 0.3) is 0 Å². The first-order valence-corrected chi connectivity index (χ1v) is 20.0. The van der Waals surface area contributed by atoms with Gasteiger partial charge in [0.15, 0.2) is 0 Å². The average Bonchev–Trinajstić information content (AvgIpc) is 3.38. The molecule has 2 nitrogen and oxygen atoms in total. The van der Waals surface area contributed by atoms with Crippen LogP contribution in [0.3, 0.4) is 0 Å². The van der Waals surface area contributed by atoms with E-state index in [4.69, 9.17) is 0 Å². The van der Waals surface area contributed by atoms with Crippen molar-refractivity contribution in [3.05, 3.63) is 12.4 Å². The first-order chi connectivity index (χ1) is 20.8. The van der Waals surface area contributed by atoms with Crippen molar-refractivity contribution in [3.8, 4) is 0 Å². The van der Waals surface area contributed by atoms with Crippen molar-refractivity contribution < 1.29 is 0 Å². The highest BCUT2D eigenvalue weighted by Crippen LogP contribution is 2.24. The van der Waals surface area contributed by atoms with Gasteiger partial charge in [0.05, 0.1) is 0 Å². The molecule has 42 heavy (non-hydrogen) atoms. The molecule has 0 fully saturated rings. The molecule has 1 rings (SSSR count). The number of unbranched alkanes of at least 4 members (excludes halogenated alkanes) is 28. The maximum Gasteiger partial charge on any atom is 0.101 e. The monoisotopic (exact) mass is 589 g/mol. The van der Waals surface area contributed by atoms with E-state index in [1.165, 1.54) is 219 Å². The quantitative estimate of drug-likeness (QED) is 0.0690. The molecule has 0 radical (unpaired) electrons. The van der Waals surface area contributed by atoms with E-state index < -0.39 is 0 Å². The molecule has 2 heteroatoms. The van der Waals surface area contributed by atoms with E-state index in [2.05, 4.69) is 43.0 Å². The van der Waals surface area contributed by atoms with E-state index in [0.717, 1.165) is 0 Å². The van der Waals surface area contributed by atoms with Crippen molar-refractivity contribution in [2.45, 2.75) is 232 Å². The number of rotatable bonds is 34. The van der Waals surface area contributed by atoms with Crippen LogP contribution in [0, 0.1) is 0 Å². The molecule has 0 saturated carbocycles. The molecule has 250 valence electrons. The molecule has 0 aromatic carbocycles. The van der Waals surface area contributed by atoms with Gasteiger partial charge in [0.2, 0.25) is 0 Å². The molecular formula is C40H80N2. The van der Waals surface area contributed by atoms with Crippen LogP contribution in [-0.2, 0) is 0 Å². The Labute approximate surface area is 267 Å². The van der Waals surface area contributed by atoms with E-state index in [0.29, 0.717) is 6.17 Å².